The zero-order valence-corrected chi connectivity index (χ0v) is 12.4. The molecule has 21 heavy (non-hydrogen) atoms. The van der Waals surface area contributed by atoms with Gasteiger partial charge in [-0.3, -0.25) is 14.5 Å². The van der Waals surface area contributed by atoms with Gasteiger partial charge >= 0.3 is 5.97 Å². The van der Waals surface area contributed by atoms with E-state index in [1.807, 2.05) is 0 Å². The predicted octanol–water partition coefficient (Wildman–Crippen LogP) is 1.43. The van der Waals surface area contributed by atoms with E-state index in [-0.39, 0.29) is 11.7 Å². The largest absolute Gasteiger partial charge is 0.502 e. The summed E-state index contributed by atoms with van der Waals surface area (Å²) in [6, 6.07) is 1.28. The maximum Gasteiger partial charge on any atom is 0.305 e. The number of likely N-dealkylation sites (tertiary alicyclic amines) is 1. The molecule has 0 radical (unpaired) electrons. The molecule has 1 aliphatic heterocycles. The van der Waals surface area contributed by atoms with E-state index >= 15 is 0 Å². The molecule has 0 aliphatic carbocycles. The first-order valence-corrected chi connectivity index (χ1v) is 7.11. The Morgan fingerprint density at radius 3 is 2.76 bits per heavy atom. The molecule has 1 fully saturated rings. The van der Waals surface area contributed by atoms with Crippen LogP contribution in [0.15, 0.2) is 15.3 Å². The lowest BCUT2D eigenvalue weighted by Crippen LogP contribution is -2.34. The minimum absolute atomic E-state index is 0.171. The predicted molar refractivity (Wildman–Crippen MR) is 76.0 cm³/mol. The summed E-state index contributed by atoms with van der Waals surface area (Å²) >= 11 is 0. The standard InChI is InChI=1S/C15H21NO5/c1-10-7-12(17)15(19)13(21-10)9-16-5-3-11(4-6-16)8-14(18)20-2/h7,11,19H,3-6,8-9H2,1-2H3. The Morgan fingerprint density at radius 2 is 2.14 bits per heavy atom. The van der Waals surface area contributed by atoms with Gasteiger partial charge in [-0.2, -0.15) is 0 Å². The molecule has 0 atom stereocenters. The van der Waals surface area contributed by atoms with Gasteiger partial charge in [0.1, 0.15) is 5.76 Å². The van der Waals surface area contributed by atoms with Gasteiger partial charge in [0.2, 0.25) is 11.2 Å². The molecule has 1 aliphatic rings. The van der Waals surface area contributed by atoms with Crippen LogP contribution in [0.25, 0.3) is 0 Å². The maximum absolute atomic E-state index is 11.5. The number of esters is 1. The maximum atomic E-state index is 11.5. The highest BCUT2D eigenvalue weighted by atomic mass is 16.5. The van der Waals surface area contributed by atoms with E-state index in [2.05, 4.69) is 9.64 Å². The first kappa shape index (κ1) is 15.6. The molecule has 1 aromatic heterocycles. The second kappa shape index (κ2) is 6.76. The van der Waals surface area contributed by atoms with Crippen molar-refractivity contribution >= 4 is 5.97 Å². The number of nitrogens with zero attached hydrogens (tertiary/aromatic N) is 1. The summed E-state index contributed by atoms with van der Waals surface area (Å²) in [5, 5.41) is 9.76. The molecular formula is C15H21NO5. The average molecular weight is 295 g/mol. The molecular weight excluding hydrogens is 274 g/mol. The second-order valence-corrected chi connectivity index (χ2v) is 5.49. The molecule has 6 nitrogen and oxygen atoms in total. The molecule has 0 amide bonds. The molecule has 0 aromatic carbocycles. The van der Waals surface area contributed by atoms with Crippen molar-refractivity contribution in [2.75, 3.05) is 20.2 Å². The molecule has 0 unspecified atom stereocenters. The van der Waals surface area contributed by atoms with Gasteiger partial charge in [0.15, 0.2) is 5.76 Å². The van der Waals surface area contributed by atoms with Gasteiger partial charge in [0.05, 0.1) is 13.7 Å². The van der Waals surface area contributed by atoms with Crippen LogP contribution in [0, 0.1) is 12.8 Å². The lowest BCUT2D eigenvalue weighted by molar-refractivity contribution is -0.142. The molecule has 0 spiro atoms. The van der Waals surface area contributed by atoms with Gasteiger partial charge in [0, 0.05) is 12.5 Å². The zero-order valence-electron chi connectivity index (χ0n) is 12.4. The highest BCUT2D eigenvalue weighted by Gasteiger charge is 2.23. The van der Waals surface area contributed by atoms with Crippen molar-refractivity contribution in [2.45, 2.75) is 32.7 Å². The summed E-state index contributed by atoms with van der Waals surface area (Å²) in [5.74, 6) is 0.666. The van der Waals surface area contributed by atoms with Crippen molar-refractivity contribution in [3.05, 3.63) is 27.8 Å². The smallest absolute Gasteiger partial charge is 0.305 e. The van der Waals surface area contributed by atoms with Gasteiger partial charge in [-0.1, -0.05) is 0 Å². The highest BCUT2D eigenvalue weighted by Crippen LogP contribution is 2.24. The number of piperidine rings is 1. The topological polar surface area (TPSA) is 80.0 Å². The molecule has 2 heterocycles. The quantitative estimate of drug-likeness (QED) is 0.846. The van der Waals surface area contributed by atoms with Crippen LogP contribution in [0.3, 0.4) is 0 Å². The number of ether oxygens (including phenoxy) is 1. The molecule has 1 aromatic rings. The summed E-state index contributed by atoms with van der Waals surface area (Å²) in [7, 11) is 1.40. The third kappa shape index (κ3) is 4.07. The van der Waals surface area contributed by atoms with Gasteiger partial charge in [-0.15, -0.1) is 0 Å². The van der Waals surface area contributed by atoms with Crippen LogP contribution in [0.1, 0.15) is 30.8 Å². The van der Waals surface area contributed by atoms with Crippen LogP contribution in [0.2, 0.25) is 0 Å². The normalized spacial score (nSPS) is 16.9. The fourth-order valence-electron chi connectivity index (χ4n) is 2.64. The van der Waals surface area contributed by atoms with E-state index < -0.39 is 5.43 Å². The van der Waals surface area contributed by atoms with Crippen LogP contribution < -0.4 is 5.43 Å². The molecule has 2 rings (SSSR count). The van der Waals surface area contributed by atoms with Crippen molar-refractivity contribution in [3.63, 3.8) is 0 Å². The molecule has 1 N–H and O–H groups in total. The number of carbonyl (C=O) groups excluding carboxylic acids is 1. The van der Waals surface area contributed by atoms with Crippen LogP contribution in [0.4, 0.5) is 0 Å². The molecule has 0 bridgehead atoms. The van der Waals surface area contributed by atoms with Crippen molar-refractivity contribution in [1.29, 1.82) is 0 Å². The van der Waals surface area contributed by atoms with Crippen molar-refractivity contribution in [2.24, 2.45) is 5.92 Å². The number of aryl methyl sites for hydroxylation is 1. The number of hydrogen-bond donors (Lipinski definition) is 1. The van der Waals surface area contributed by atoms with Gasteiger partial charge in [-0.25, -0.2) is 0 Å². The Hall–Kier alpha value is -1.82. The summed E-state index contributed by atoms with van der Waals surface area (Å²) in [6.45, 7) is 3.71. The van der Waals surface area contributed by atoms with Crippen LogP contribution >= 0.6 is 0 Å². The van der Waals surface area contributed by atoms with E-state index in [4.69, 9.17) is 4.42 Å². The highest BCUT2D eigenvalue weighted by molar-refractivity contribution is 5.69. The van der Waals surface area contributed by atoms with E-state index in [0.29, 0.717) is 30.4 Å². The first-order chi connectivity index (χ1) is 9.99. The van der Waals surface area contributed by atoms with Crippen LogP contribution in [0.5, 0.6) is 5.75 Å². The average Bonchev–Trinajstić information content (AvgIpc) is 2.46. The number of methoxy groups -OCH3 is 1. The van der Waals surface area contributed by atoms with E-state index in [0.717, 1.165) is 25.9 Å². The summed E-state index contributed by atoms with van der Waals surface area (Å²) in [5.41, 5.74) is -0.408. The summed E-state index contributed by atoms with van der Waals surface area (Å²) in [4.78, 5) is 24.9. The summed E-state index contributed by atoms with van der Waals surface area (Å²) < 4.78 is 10.1. The van der Waals surface area contributed by atoms with E-state index in [1.165, 1.54) is 13.2 Å². The Bertz CT molecular complexity index is 558. The Balaban J connectivity index is 1.92. The van der Waals surface area contributed by atoms with Crippen molar-refractivity contribution in [1.82, 2.24) is 4.90 Å². The molecule has 6 heteroatoms. The summed E-state index contributed by atoms with van der Waals surface area (Å²) in [6.07, 6.45) is 2.24. The SMILES string of the molecule is COC(=O)CC1CCN(Cc2oc(C)cc(=O)c2O)CC1. The fourth-order valence-corrected chi connectivity index (χ4v) is 2.64. The minimum Gasteiger partial charge on any atom is -0.502 e. The third-order valence-electron chi connectivity index (χ3n) is 3.87. The minimum atomic E-state index is -0.408. The number of carbonyl (C=O) groups is 1. The van der Waals surface area contributed by atoms with Crippen molar-refractivity contribution in [3.8, 4) is 5.75 Å². The van der Waals surface area contributed by atoms with Gasteiger partial charge in [0.25, 0.3) is 0 Å². The third-order valence-corrected chi connectivity index (χ3v) is 3.87. The lowest BCUT2D eigenvalue weighted by atomic mass is 9.93. The number of aromatic hydroxyl groups is 1. The lowest BCUT2D eigenvalue weighted by Gasteiger charge is -2.31. The van der Waals surface area contributed by atoms with Crippen molar-refractivity contribution < 1.29 is 19.1 Å². The Labute approximate surface area is 123 Å². The Kier molecular flexibility index (Phi) is 5.01. The van der Waals surface area contributed by atoms with E-state index in [9.17, 15) is 14.7 Å². The van der Waals surface area contributed by atoms with Gasteiger partial charge < -0.3 is 14.3 Å². The molecule has 0 saturated carbocycles. The molecule has 1 saturated heterocycles. The van der Waals surface area contributed by atoms with Gasteiger partial charge in [-0.05, 0) is 38.8 Å². The second-order valence-electron chi connectivity index (χ2n) is 5.49. The van der Waals surface area contributed by atoms with E-state index in [1.54, 1.807) is 6.92 Å². The zero-order chi connectivity index (χ0) is 15.4. The monoisotopic (exact) mass is 295 g/mol. The molecule has 116 valence electrons. The first-order valence-electron chi connectivity index (χ1n) is 7.11. The number of rotatable bonds is 4. The fraction of sp³-hybridized carbons (Fsp3) is 0.600. The number of hydrogen-bond acceptors (Lipinski definition) is 6. The Morgan fingerprint density at radius 1 is 1.48 bits per heavy atom. The van der Waals surface area contributed by atoms with Crippen LogP contribution in [-0.2, 0) is 16.1 Å². The van der Waals surface area contributed by atoms with Crippen LogP contribution in [-0.4, -0.2) is 36.2 Å².